The molecule has 47 heavy (non-hydrogen) atoms. The van der Waals surface area contributed by atoms with E-state index < -0.39 is 0 Å². The molecule has 3 aliphatic carbocycles. The first-order valence-electron chi connectivity index (χ1n) is 16.7. The van der Waals surface area contributed by atoms with Gasteiger partial charge in [0, 0.05) is 28.4 Å². The zero-order valence-electron chi connectivity index (χ0n) is 26.6. The number of benzene rings is 3. The Kier molecular flexibility index (Phi) is 7.76. The first kappa shape index (κ1) is 29.2. The number of nitrogens with zero attached hydrogens (tertiary/aromatic N) is 3. The molecule has 2 aromatic heterocycles. The van der Waals surface area contributed by atoms with Crippen molar-refractivity contribution in [1.29, 1.82) is 0 Å². The van der Waals surface area contributed by atoms with Crippen LogP contribution in [0.1, 0.15) is 58.9 Å². The number of aliphatic imine (C=N–C) groups is 1. The zero-order valence-corrected chi connectivity index (χ0v) is 26.6. The van der Waals surface area contributed by atoms with Crippen LogP contribution in [0.4, 0.5) is 0 Å². The van der Waals surface area contributed by atoms with Crippen molar-refractivity contribution >= 4 is 22.8 Å². The van der Waals surface area contributed by atoms with Crippen molar-refractivity contribution in [2.45, 2.75) is 44.6 Å². The number of nitrogens with two attached hydrogens (primary N) is 1. The van der Waals surface area contributed by atoms with Gasteiger partial charge in [-0.1, -0.05) is 91.6 Å². The molecule has 1 unspecified atom stereocenters. The van der Waals surface area contributed by atoms with E-state index in [-0.39, 0.29) is 6.04 Å². The van der Waals surface area contributed by atoms with Crippen molar-refractivity contribution in [3.05, 3.63) is 161 Å². The summed E-state index contributed by atoms with van der Waals surface area (Å²) in [7, 11) is 0. The highest BCUT2D eigenvalue weighted by Crippen LogP contribution is 2.42. The summed E-state index contributed by atoms with van der Waals surface area (Å²) in [5.41, 5.74) is 20.8. The van der Waals surface area contributed by atoms with Crippen LogP contribution in [0.3, 0.4) is 0 Å². The van der Waals surface area contributed by atoms with E-state index in [4.69, 9.17) is 15.7 Å². The van der Waals surface area contributed by atoms with Crippen LogP contribution < -0.4 is 11.1 Å². The Bertz CT molecular complexity index is 2120. The van der Waals surface area contributed by atoms with Crippen LogP contribution in [0.2, 0.25) is 0 Å². The van der Waals surface area contributed by atoms with Gasteiger partial charge in [-0.25, -0.2) is 0 Å². The molecule has 5 nitrogen and oxygen atoms in total. The van der Waals surface area contributed by atoms with Crippen molar-refractivity contribution in [3.63, 3.8) is 0 Å². The maximum atomic E-state index is 6.74. The fourth-order valence-electron chi connectivity index (χ4n) is 7.23. The van der Waals surface area contributed by atoms with E-state index in [0.717, 1.165) is 66.7 Å². The average molecular weight is 614 g/mol. The van der Waals surface area contributed by atoms with Gasteiger partial charge in [-0.15, -0.1) is 0 Å². The van der Waals surface area contributed by atoms with E-state index in [1.54, 1.807) is 0 Å². The number of rotatable bonds is 7. The minimum absolute atomic E-state index is 0.241. The van der Waals surface area contributed by atoms with Crippen LogP contribution in [-0.4, -0.2) is 21.9 Å². The molecule has 0 spiro atoms. The van der Waals surface area contributed by atoms with Crippen molar-refractivity contribution in [3.8, 4) is 16.8 Å². The molecular weight excluding hydrogens is 574 g/mol. The highest BCUT2D eigenvalue weighted by molar-refractivity contribution is 6.01. The lowest BCUT2D eigenvalue weighted by Crippen LogP contribution is -2.27. The normalized spacial score (nSPS) is 15.9. The molecule has 2 heterocycles. The largest absolute Gasteiger partial charge is 0.339 e. The van der Waals surface area contributed by atoms with Crippen LogP contribution >= 0.6 is 0 Å². The smallest absolute Gasteiger partial charge is 0.151 e. The maximum absolute atomic E-state index is 6.74. The predicted octanol–water partition coefficient (Wildman–Crippen LogP) is 8.58. The minimum Gasteiger partial charge on any atom is -0.339 e. The molecule has 8 rings (SSSR count). The second-order valence-electron chi connectivity index (χ2n) is 12.7. The monoisotopic (exact) mass is 613 g/mol. The molecule has 0 saturated carbocycles. The number of aromatic nitrogens is 2. The maximum Gasteiger partial charge on any atom is 0.151 e. The van der Waals surface area contributed by atoms with E-state index in [1.165, 1.54) is 44.4 Å². The summed E-state index contributed by atoms with van der Waals surface area (Å²) in [5.74, 6) is 0.669. The van der Waals surface area contributed by atoms with Crippen LogP contribution in [0.15, 0.2) is 132 Å². The third-order valence-electron chi connectivity index (χ3n) is 9.67. The van der Waals surface area contributed by atoms with Gasteiger partial charge in [-0.05, 0) is 96.2 Å². The van der Waals surface area contributed by atoms with Gasteiger partial charge in [-0.2, -0.15) is 0 Å². The average Bonchev–Trinajstić information content (AvgIpc) is 3.48. The second kappa shape index (κ2) is 12.5. The van der Waals surface area contributed by atoms with Gasteiger partial charge in [0.1, 0.15) is 5.69 Å². The van der Waals surface area contributed by atoms with Crippen LogP contribution in [0, 0.1) is 0 Å². The van der Waals surface area contributed by atoms with Gasteiger partial charge in [0.05, 0.1) is 23.9 Å². The molecule has 3 aliphatic rings. The number of amidine groups is 1. The molecular formula is C42H39N5. The number of fused-ring (bicyclic) bond motifs is 6. The lowest BCUT2D eigenvalue weighted by Gasteiger charge is -2.20. The molecule has 0 amide bonds. The van der Waals surface area contributed by atoms with E-state index >= 15 is 0 Å². The summed E-state index contributed by atoms with van der Waals surface area (Å²) in [6.07, 6.45) is 19.2. The van der Waals surface area contributed by atoms with Gasteiger partial charge < -0.3 is 15.6 Å². The Balaban J connectivity index is 1.14. The Morgan fingerprint density at radius 2 is 1.77 bits per heavy atom. The Morgan fingerprint density at radius 1 is 0.894 bits per heavy atom. The third kappa shape index (κ3) is 5.57. The summed E-state index contributed by atoms with van der Waals surface area (Å²) in [6.45, 7) is 4.78. The van der Waals surface area contributed by atoms with Gasteiger partial charge in [0.2, 0.25) is 0 Å². The number of nitrogens with one attached hydrogen (secondary N) is 1. The first-order chi connectivity index (χ1) is 23.1. The van der Waals surface area contributed by atoms with Crippen LogP contribution in [-0.2, 0) is 19.3 Å². The minimum atomic E-state index is -0.241. The summed E-state index contributed by atoms with van der Waals surface area (Å²) in [4.78, 5) is 10.0. The Labute approximate surface area is 276 Å². The zero-order chi connectivity index (χ0) is 31.7. The molecule has 0 radical (unpaired) electrons. The van der Waals surface area contributed by atoms with E-state index in [9.17, 15) is 0 Å². The second-order valence-corrected chi connectivity index (χ2v) is 12.7. The predicted molar refractivity (Wildman–Crippen MR) is 195 cm³/mol. The number of para-hydroxylation sites is 1. The summed E-state index contributed by atoms with van der Waals surface area (Å²) >= 11 is 0. The highest BCUT2D eigenvalue weighted by atomic mass is 15.0. The third-order valence-corrected chi connectivity index (χ3v) is 9.67. The lowest BCUT2D eigenvalue weighted by atomic mass is 9.88. The van der Waals surface area contributed by atoms with E-state index in [0.29, 0.717) is 12.4 Å². The topological polar surface area (TPSA) is 68.2 Å². The van der Waals surface area contributed by atoms with Crippen molar-refractivity contribution < 1.29 is 0 Å². The molecule has 3 aromatic carbocycles. The number of allylic oxidation sites excluding steroid dienone is 4. The quantitative estimate of drug-likeness (QED) is 0.143. The number of pyridine rings is 1. The van der Waals surface area contributed by atoms with E-state index in [2.05, 4.69) is 126 Å². The lowest BCUT2D eigenvalue weighted by molar-refractivity contribution is 0.734. The van der Waals surface area contributed by atoms with Crippen LogP contribution in [0.5, 0.6) is 0 Å². The van der Waals surface area contributed by atoms with Crippen molar-refractivity contribution in [1.82, 2.24) is 14.9 Å². The molecule has 0 saturated heterocycles. The Morgan fingerprint density at radius 3 is 2.64 bits per heavy atom. The standard InChI is InChI=1S/C42H39N5/c1-28(29-11-3-2-4-12-29)46-42(45-27-37(43)33-20-19-30-13-5-6-15-32(30)25-33)38-23-22-34(26-44-38)47-39-18-10-9-17-36(39)41-35-16-8-7-14-31(35)21-24-40(41)47/h3,6-12,14-20,22-23,25-26,37H,1-2,4-5,13,21,24,27,43H2,(H,45,46). The van der Waals surface area contributed by atoms with E-state index in [1.807, 2.05) is 6.20 Å². The number of hydrogen-bond donors (Lipinski definition) is 2. The molecule has 3 N–H and O–H groups in total. The fraction of sp³-hybridized carbons (Fsp3) is 0.190. The first-order valence-corrected chi connectivity index (χ1v) is 16.7. The van der Waals surface area contributed by atoms with Crippen LogP contribution in [0.25, 0.3) is 33.8 Å². The summed E-state index contributed by atoms with van der Waals surface area (Å²) < 4.78 is 2.39. The van der Waals surface area contributed by atoms with Gasteiger partial charge >= 0.3 is 0 Å². The molecule has 0 aliphatic heterocycles. The number of hydrogen-bond acceptors (Lipinski definition) is 3. The van der Waals surface area contributed by atoms with Gasteiger partial charge in [-0.3, -0.25) is 9.98 Å². The molecule has 5 aromatic rings. The van der Waals surface area contributed by atoms with Crippen molar-refractivity contribution in [2.75, 3.05) is 6.54 Å². The molecule has 0 bridgehead atoms. The number of aryl methyl sites for hydroxylation is 2. The SMILES string of the molecule is C=C(NC(=NCC(N)c1ccc2c(c1)C=CCC2)c1ccc(-n2c3c(c4ccccc42)-c2ccccc2CC3)cn1)C1=CCCC=C1. The molecule has 232 valence electrons. The molecule has 5 heteroatoms. The van der Waals surface area contributed by atoms with Gasteiger partial charge in [0.15, 0.2) is 5.84 Å². The summed E-state index contributed by atoms with van der Waals surface area (Å²) in [5, 5.41) is 4.78. The molecule has 0 fully saturated rings. The highest BCUT2D eigenvalue weighted by Gasteiger charge is 2.25. The fourth-order valence-corrected chi connectivity index (χ4v) is 7.23. The van der Waals surface area contributed by atoms with Gasteiger partial charge in [0.25, 0.3) is 0 Å². The van der Waals surface area contributed by atoms with Crippen molar-refractivity contribution in [2.24, 2.45) is 10.7 Å². The molecule has 1 atom stereocenters. The Hall–Kier alpha value is -5.26. The summed E-state index contributed by atoms with van der Waals surface area (Å²) in [6, 6.07) is 28.1.